The highest BCUT2D eigenvalue weighted by molar-refractivity contribution is 7.98. The lowest BCUT2D eigenvalue weighted by Gasteiger charge is -2.15. The fourth-order valence-corrected chi connectivity index (χ4v) is 2.10. The van der Waals surface area contributed by atoms with Gasteiger partial charge in [-0.1, -0.05) is 0 Å². The van der Waals surface area contributed by atoms with Gasteiger partial charge in [0.1, 0.15) is 11.8 Å². The highest BCUT2D eigenvalue weighted by Gasteiger charge is 2.20. The molecular formula is C13H17NO4S. The second kappa shape index (κ2) is 7.04. The molecule has 0 aliphatic carbocycles. The molecule has 5 nitrogen and oxygen atoms in total. The molecule has 0 aliphatic rings. The van der Waals surface area contributed by atoms with Crippen LogP contribution in [-0.2, 0) is 4.79 Å². The van der Waals surface area contributed by atoms with Crippen LogP contribution in [0.15, 0.2) is 18.2 Å². The number of aliphatic carboxylic acids is 1. The molecule has 1 amide bonds. The lowest BCUT2D eigenvalue weighted by Crippen LogP contribution is -2.41. The number of thioether (sulfide) groups is 1. The first kappa shape index (κ1) is 15.4. The number of carboxylic acids is 1. The Labute approximate surface area is 116 Å². The van der Waals surface area contributed by atoms with Crippen molar-refractivity contribution in [1.82, 2.24) is 5.32 Å². The van der Waals surface area contributed by atoms with Gasteiger partial charge in [0.25, 0.3) is 5.91 Å². The molecule has 0 saturated carbocycles. The molecule has 0 radical (unpaired) electrons. The summed E-state index contributed by atoms with van der Waals surface area (Å²) in [6.45, 7) is 1.69. The van der Waals surface area contributed by atoms with Gasteiger partial charge < -0.3 is 15.5 Å². The molecule has 1 atom stereocenters. The lowest BCUT2D eigenvalue weighted by atomic mass is 10.1. The zero-order valence-electron chi connectivity index (χ0n) is 10.8. The number of benzene rings is 1. The van der Waals surface area contributed by atoms with Crippen LogP contribution < -0.4 is 5.32 Å². The highest BCUT2D eigenvalue weighted by atomic mass is 32.2. The zero-order valence-corrected chi connectivity index (χ0v) is 11.7. The van der Waals surface area contributed by atoms with E-state index < -0.39 is 17.9 Å². The van der Waals surface area contributed by atoms with Crippen LogP contribution in [0.4, 0.5) is 0 Å². The fraction of sp³-hybridized carbons (Fsp3) is 0.385. The largest absolute Gasteiger partial charge is 0.508 e. The predicted molar refractivity (Wildman–Crippen MR) is 74.7 cm³/mol. The van der Waals surface area contributed by atoms with Gasteiger partial charge in [-0.2, -0.15) is 11.8 Å². The number of rotatable bonds is 6. The van der Waals surface area contributed by atoms with E-state index in [0.717, 1.165) is 0 Å². The summed E-state index contributed by atoms with van der Waals surface area (Å²) < 4.78 is 0. The number of phenols is 1. The van der Waals surface area contributed by atoms with Crippen molar-refractivity contribution in [2.45, 2.75) is 19.4 Å². The maximum Gasteiger partial charge on any atom is 0.326 e. The second-order valence-corrected chi connectivity index (χ2v) is 5.13. The molecule has 1 aromatic carbocycles. The SMILES string of the molecule is CSCC[C@@H](NC(=O)c1ccc(O)cc1C)C(=O)O. The molecule has 0 saturated heterocycles. The Kier molecular flexibility index (Phi) is 5.69. The third-order valence-electron chi connectivity index (χ3n) is 2.67. The summed E-state index contributed by atoms with van der Waals surface area (Å²) in [6.07, 6.45) is 2.25. The Hall–Kier alpha value is -1.69. The molecule has 0 aromatic heterocycles. The van der Waals surface area contributed by atoms with Crippen molar-refractivity contribution in [3.63, 3.8) is 0 Å². The van der Waals surface area contributed by atoms with E-state index in [1.165, 1.54) is 30.0 Å². The van der Waals surface area contributed by atoms with Gasteiger partial charge in [-0.05, 0) is 49.1 Å². The van der Waals surface area contributed by atoms with E-state index in [4.69, 9.17) is 5.11 Å². The van der Waals surface area contributed by atoms with Crippen LogP contribution in [0.25, 0.3) is 0 Å². The van der Waals surface area contributed by atoms with Gasteiger partial charge in [-0.3, -0.25) is 4.79 Å². The van der Waals surface area contributed by atoms with Crippen LogP contribution in [0.3, 0.4) is 0 Å². The van der Waals surface area contributed by atoms with Gasteiger partial charge in [0, 0.05) is 5.56 Å². The normalized spacial score (nSPS) is 11.9. The first-order valence-corrected chi connectivity index (χ1v) is 7.17. The number of carbonyl (C=O) groups excluding carboxylic acids is 1. The molecule has 3 N–H and O–H groups in total. The number of aryl methyl sites for hydroxylation is 1. The number of amides is 1. The number of carbonyl (C=O) groups is 2. The van der Waals surface area contributed by atoms with Crippen molar-refractivity contribution in [1.29, 1.82) is 0 Å². The average molecular weight is 283 g/mol. The van der Waals surface area contributed by atoms with Crippen LogP contribution >= 0.6 is 11.8 Å². The summed E-state index contributed by atoms with van der Waals surface area (Å²) in [6, 6.07) is 3.45. The number of aromatic hydroxyl groups is 1. The van der Waals surface area contributed by atoms with Crippen molar-refractivity contribution >= 4 is 23.6 Å². The first-order valence-electron chi connectivity index (χ1n) is 5.78. The third kappa shape index (κ3) is 4.48. The monoisotopic (exact) mass is 283 g/mol. The number of hydrogen-bond donors (Lipinski definition) is 3. The highest BCUT2D eigenvalue weighted by Crippen LogP contribution is 2.16. The van der Waals surface area contributed by atoms with Crippen molar-refractivity contribution < 1.29 is 19.8 Å². The minimum Gasteiger partial charge on any atom is -0.508 e. The Morgan fingerprint density at radius 2 is 2.11 bits per heavy atom. The minimum atomic E-state index is -1.04. The molecule has 0 spiro atoms. The summed E-state index contributed by atoms with van der Waals surface area (Å²) in [4.78, 5) is 23.0. The molecule has 6 heteroatoms. The van der Waals surface area contributed by atoms with Crippen molar-refractivity contribution in [3.05, 3.63) is 29.3 Å². The Balaban J connectivity index is 2.78. The maximum atomic E-state index is 12.0. The number of nitrogens with one attached hydrogen (secondary N) is 1. The van der Waals surface area contributed by atoms with Gasteiger partial charge in [0.15, 0.2) is 0 Å². The standard InChI is InChI=1S/C13H17NO4S/c1-8-7-9(15)3-4-10(8)12(16)14-11(13(17)18)5-6-19-2/h3-4,7,11,15H,5-6H2,1-2H3,(H,14,16)(H,17,18)/t11-/m1/s1. The second-order valence-electron chi connectivity index (χ2n) is 4.14. The van der Waals surface area contributed by atoms with E-state index in [9.17, 15) is 14.7 Å². The van der Waals surface area contributed by atoms with Crippen molar-refractivity contribution in [3.8, 4) is 5.75 Å². The van der Waals surface area contributed by atoms with Crippen LogP contribution in [0.1, 0.15) is 22.3 Å². The lowest BCUT2D eigenvalue weighted by molar-refractivity contribution is -0.139. The third-order valence-corrected chi connectivity index (χ3v) is 3.31. The molecule has 0 bridgehead atoms. The quantitative estimate of drug-likeness (QED) is 0.739. The molecule has 1 rings (SSSR count). The summed E-state index contributed by atoms with van der Waals surface area (Å²) >= 11 is 1.53. The van der Waals surface area contributed by atoms with Gasteiger partial charge in [0.05, 0.1) is 0 Å². The first-order chi connectivity index (χ1) is 8.95. The van der Waals surface area contributed by atoms with Crippen molar-refractivity contribution in [2.24, 2.45) is 0 Å². The van der Waals surface area contributed by atoms with Crippen LogP contribution in [0.5, 0.6) is 5.75 Å². The molecule has 104 valence electrons. The van der Waals surface area contributed by atoms with Crippen LogP contribution in [-0.4, -0.2) is 40.1 Å². The molecule has 1 aromatic rings. The van der Waals surface area contributed by atoms with Gasteiger partial charge in [0.2, 0.25) is 0 Å². The summed E-state index contributed by atoms with van der Waals surface area (Å²) in [5.41, 5.74) is 0.972. The van der Waals surface area contributed by atoms with Gasteiger partial charge in [-0.15, -0.1) is 0 Å². The van der Waals surface area contributed by atoms with E-state index in [0.29, 0.717) is 23.3 Å². The van der Waals surface area contributed by atoms with Crippen LogP contribution in [0, 0.1) is 6.92 Å². The zero-order chi connectivity index (χ0) is 14.4. The topological polar surface area (TPSA) is 86.6 Å². The summed E-state index contributed by atoms with van der Waals surface area (Å²) in [5, 5.41) is 20.8. The molecular weight excluding hydrogens is 266 g/mol. The fourth-order valence-electron chi connectivity index (χ4n) is 1.63. The Morgan fingerprint density at radius 1 is 1.42 bits per heavy atom. The number of hydrogen-bond acceptors (Lipinski definition) is 4. The molecule has 0 heterocycles. The van der Waals surface area contributed by atoms with E-state index >= 15 is 0 Å². The summed E-state index contributed by atoms with van der Waals surface area (Å²) in [5.74, 6) is -0.748. The van der Waals surface area contributed by atoms with E-state index in [1.54, 1.807) is 6.92 Å². The number of carboxylic acid groups (broad SMARTS) is 1. The minimum absolute atomic E-state index is 0.0752. The van der Waals surface area contributed by atoms with Crippen LogP contribution in [0.2, 0.25) is 0 Å². The molecule has 0 fully saturated rings. The Bertz CT molecular complexity index is 476. The van der Waals surface area contributed by atoms with E-state index in [-0.39, 0.29) is 5.75 Å². The summed E-state index contributed by atoms with van der Waals surface area (Å²) in [7, 11) is 0. The maximum absolute atomic E-state index is 12.0. The molecule has 0 aliphatic heterocycles. The van der Waals surface area contributed by atoms with E-state index in [2.05, 4.69) is 5.32 Å². The Morgan fingerprint density at radius 3 is 2.63 bits per heavy atom. The average Bonchev–Trinajstić information content (AvgIpc) is 2.33. The number of phenolic OH excluding ortho intramolecular Hbond substituents is 1. The van der Waals surface area contributed by atoms with Gasteiger partial charge in [-0.25, -0.2) is 4.79 Å². The molecule has 0 unspecified atom stereocenters. The predicted octanol–water partition coefficient (Wildman–Crippen LogP) is 1.64. The van der Waals surface area contributed by atoms with Crippen molar-refractivity contribution in [2.75, 3.05) is 12.0 Å². The molecule has 19 heavy (non-hydrogen) atoms. The smallest absolute Gasteiger partial charge is 0.326 e. The van der Waals surface area contributed by atoms with E-state index in [1.807, 2.05) is 6.26 Å². The van der Waals surface area contributed by atoms with Gasteiger partial charge >= 0.3 is 5.97 Å².